The van der Waals surface area contributed by atoms with Crippen molar-refractivity contribution in [1.82, 2.24) is 20.3 Å². The highest BCUT2D eigenvalue weighted by molar-refractivity contribution is 6.31. The average molecular weight is 385 g/mol. The lowest BCUT2D eigenvalue weighted by Crippen LogP contribution is -2.32. The minimum atomic E-state index is -0.271. The molecule has 2 heterocycles. The number of aromatic nitrogens is 3. The second-order valence-electron chi connectivity index (χ2n) is 6.98. The minimum absolute atomic E-state index is 0.0737. The van der Waals surface area contributed by atoms with E-state index < -0.39 is 0 Å². The lowest BCUT2D eigenvalue weighted by Gasteiger charge is -2.17. The van der Waals surface area contributed by atoms with Gasteiger partial charge in [-0.2, -0.15) is 5.10 Å². The van der Waals surface area contributed by atoms with Gasteiger partial charge in [0.05, 0.1) is 6.20 Å². The van der Waals surface area contributed by atoms with Crippen molar-refractivity contribution in [2.24, 2.45) is 0 Å². The van der Waals surface area contributed by atoms with Gasteiger partial charge in [-0.05, 0) is 38.3 Å². The molecule has 1 amide bonds. The van der Waals surface area contributed by atoms with Crippen LogP contribution in [0.3, 0.4) is 0 Å². The Bertz CT molecular complexity index is 988. The number of carbonyl (C=O) groups is 1. The predicted octanol–water partition coefficient (Wildman–Crippen LogP) is 3.98. The summed E-state index contributed by atoms with van der Waals surface area (Å²) in [6.07, 6.45) is 3.76. The molecular formula is C20H21ClN4O2. The van der Waals surface area contributed by atoms with E-state index in [1.54, 1.807) is 12.3 Å². The van der Waals surface area contributed by atoms with E-state index >= 15 is 0 Å². The molecule has 0 aliphatic heterocycles. The summed E-state index contributed by atoms with van der Waals surface area (Å²) in [4.78, 5) is 12.5. The van der Waals surface area contributed by atoms with Gasteiger partial charge in [-0.3, -0.25) is 9.48 Å². The van der Waals surface area contributed by atoms with Crippen LogP contribution >= 0.6 is 11.6 Å². The molecule has 1 aliphatic rings. The Morgan fingerprint density at radius 3 is 2.81 bits per heavy atom. The molecule has 7 heteroatoms. The Morgan fingerprint density at radius 1 is 1.37 bits per heavy atom. The second kappa shape index (κ2) is 6.85. The maximum absolute atomic E-state index is 12.5. The molecular weight excluding hydrogens is 364 g/mol. The van der Waals surface area contributed by atoms with E-state index in [9.17, 15) is 4.79 Å². The van der Waals surface area contributed by atoms with Crippen molar-refractivity contribution in [3.05, 3.63) is 58.6 Å². The van der Waals surface area contributed by atoms with E-state index in [0.29, 0.717) is 12.2 Å². The normalized spacial score (nSPS) is 14.9. The molecule has 27 heavy (non-hydrogen) atoms. The summed E-state index contributed by atoms with van der Waals surface area (Å²) in [5.74, 6) is -0.0729. The van der Waals surface area contributed by atoms with Crippen LogP contribution < -0.4 is 5.32 Å². The van der Waals surface area contributed by atoms with Gasteiger partial charge in [-0.25, -0.2) is 0 Å². The van der Waals surface area contributed by atoms with Crippen LogP contribution in [0.5, 0.6) is 0 Å². The van der Waals surface area contributed by atoms with Gasteiger partial charge >= 0.3 is 0 Å². The van der Waals surface area contributed by atoms with E-state index in [1.807, 2.05) is 42.8 Å². The molecule has 3 aromatic rings. The van der Waals surface area contributed by atoms with Gasteiger partial charge in [0.15, 0.2) is 0 Å². The Labute approximate surface area is 162 Å². The monoisotopic (exact) mass is 384 g/mol. The molecule has 0 atom stereocenters. The van der Waals surface area contributed by atoms with Crippen LogP contribution in [0.4, 0.5) is 0 Å². The molecule has 4 rings (SSSR count). The first kappa shape index (κ1) is 17.8. The second-order valence-corrected chi connectivity index (χ2v) is 7.39. The van der Waals surface area contributed by atoms with Crippen molar-refractivity contribution < 1.29 is 9.32 Å². The van der Waals surface area contributed by atoms with Gasteiger partial charge in [0.1, 0.15) is 5.69 Å². The van der Waals surface area contributed by atoms with Gasteiger partial charge in [-0.1, -0.05) is 35.0 Å². The Kier molecular flexibility index (Phi) is 4.52. The van der Waals surface area contributed by atoms with E-state index in [1.165, 1.54) is 0 Å². The molecule has 1 N–H and O–H groups in total. The summed E-state index contributed by atoms with van der Waals surface area (Å²) in [6, 6.07) is 9.47. The number of rotatable bonds is 6. The molecule has 0 radical (unpaired) electrons. The maximum atomic E-state index is 12.5. The zero-order valence-corrected chi connectivity index (χ0v) is 16.1. The standard InChI is InChI=1S/C20H21ClN4O2/c1-3-25-13(2)14(11-23-25)17-10-18(27-24-17)19(26)22-12-20(8-9-20)15-6-4-5-7-16(15)21/h4-7,10-11H,3,8-9,12H2,1-2H3,(H,22,26). The number of nitrogens with one attached hydrogen (secondary N) is 1. The number of carbonyl (C=O) groups excluding carboxylic acids is 1. The summed E-state index contributed by atoms with van der Waals surface area (Å²) in [5, 5.41) is 12.1. The number of benzene rings is 1. The van der Waals surface area contributed by atoms with E-state index in [2.05, 4.69) is 15.6 Å². The Hall–Kier alpha value is -2.60. The fourth-order valence-electron chi connectivity index (χ4n) is 3.45. The third-order valence-corrected chi connectivity index (χ3v) is 5.63. The number of nitrogens with zero attached hydrogens (tertiary/aromatic N) is 3. The quantitative estimate of drug-likeness (QED) is 0.697. The summed E-state index contributed by atoms with van der Waals surface area (Å²) in [5.41, 5.74) is 3.50. The lowest BCUT2D eigenvalue weighted by molar-refractivity contribution is 0.0913. The van der Waals surface area contributed by atoms with Crippen molar-refractivity contribution in [2.75, 3.05) is 6.54 Å². The summed E-state index contributed by atoms with van der Waals surface area (Å²) < 4.78 is 7.15. The van der Waals surface area contributed by atoms with Crippen LogP contribution in [-0.2, 0) is 12.0 Å². The molecule has 6 nitrogen and oxygen atoms in total. The third-order valence-electron chi connectivity index (χ3n) is 5.30. The van der Waals surface area contributed by atoms with Gasteiger partial charge in [-0.15, -0.1) is 0 Å². The summed E-state index contributed by atoms with van der Waals surface area (Å²) in [7, 11) is 0. The van der Waals surface area contributed by atoms with Crippen molar-refractivity contribution in [1.29, 1.82) is 0 Å². The molecule has 2 aromatic heterocycles. The van der Waals surface area contributed by atoms with Crippen LogP contribution in [-0.4, -0.2) is 27.4 Å². The van der Waals surface area contributed by atoms with Crippen LogP contribution in [0.25, 0.3) is 11.3 Å². The fraction of sp³-hybridized carbons (Fsp3) is 0.350. The summed E-state index contributed by atoms with van der Waals surface area (Å²) in [6.45, 7) is 5.30. The molecule has 0 saturated heterocycles. The Balaban J connectivity index is 1.46. The van der Waals surface area contributed by atoms with Gasteiger partial charge in [0.2, 0.25) is 5.76 Å². The molecule has 1 saturated carbocycles. The molecule has 1 aliphatic carbocycles. The van der Waals surface area contributed by atoms with E-state index in [-0.39, 0.29) is 17.1 Å². The predicted molar refractivity (Wildman–Crippen MR) is 103 cm³/mol. The molecule has 0 bridgehead atoms. The first-order valence-electron chi connectivity index (χ1n) is 9.07. The zero-order valence-electron chi connectivity index (χ0n) is 15.3. The highest BCUT2D eigenvalue weighted by Gasteiger charge is 2.45. The Morgan fingerprint density at radius 2 is 2.15 bits per heavy atom. The first-order chi connectivity index (χ1) is 13.0. The summed E-state index contributed by atoms with van der Waals surface area (Å²) >= 11 is 6.33. The fourth-order valence-corrected chi connectivity index (χ4v) is 3.78. The highest BCUT2D eigenvalue weighted by Crippen LogP contribution is 2.49. The molecule has 1 aromatic carbocycles. The highest BCUT2D eigenvalue weighted by atomic mass is 35.5. The van der Waals surface area contributed by atoms with Gasteiger partial charge in [0.25, 0.3) is 5.91 Å². The maximum Gasteiger partial charge on any atom is 0.289 e. The largest absolute Gasteiger partial charge is 0.350 e. The molecule has 1 fully saturated rings. The van der Waals surface area contributed by atoms with Crippen LogP contribution in [0.1, 0.15) is 41.6 Å². The van der Waals surface area contributed by atoms with E-state index in [4.69, 9.17) is 16.1 Å². The number of hydrogen-bond donors (Lipinski definition) is 1. The van der Waals surface area contributed by atoms with Crippen molar-refractivity contribution in [3.63, 3.8) is 0 Å². The van der Waals surface area contributed by atoms with Crippen molar-refractivity contribution in [3.8, 4) is 11.3 Å². The van der Waals surface area contributed by atoms with Gasteiger partial charge in [0, 0.05) is 40.9 Å². The minimum Gasteiger partial charge on any atom is -0.350 e. The number of halogens is 1. The smallest absolute Gasteiger partial charge is 0.289 e. The molecule has 140 valence electrons. The zero-order chi connectivity index (χ0) is 19.0. The van der Waals surface area contributed by atoms with Crippen molar-refractivity contribution >= 4 is 17.5 Å². The van der Waals surface area contributed by atoms with Crippen LogP contribution in [0, 0.1) is 6.92 Å². The number of aryl methyl sites for hydroxylation is 1. The first-order valence-corrected chi connectivity index (χ1v) is 9.44. The SMILES string of the molecule is CCn1ncc(-c2cc(C(=O)NCC3(c4ccccc4Cl)CC3)on2)c1C. The lowest BCUT2D eigenvalue weighted by atomic mass is 9.96. The third kappa shape index (κ3) is 3.25. The molecule has 0 spiro atoms. The van der Waals surface area contributed by atoms with Gasteiger partial charge < -0.3 is 9.84 Å². The van der Waals surface area contributed by atoms with Crippen LogP contribution in [0.2, 0.25) is 5.02 Å². The van der Waals surface area contributed by atoms with Crippen molar-refractivity contribution in [2.45, 2.75) is 38.6 Å². The average Bonchev–Trinajstić information content (AvgIpc) is 3.12. The molecule has 0 unspecified atom stereocenters. The topological polar surface area (TPSA) is 73.0 Å². The number of amides is 1. The van der Waals surface area contributed by atoms with E-state index in [0.717, 1.165) is 41.2 Å². The van der Waals surface area contributed by atoms with Crippen LogP contribution in [0.15, 0.2) is 41.1 Å². The number of hydrogen-bond acceptors (Lipinski definition) is 4.